The summed E-state index contributed by atoms with van der Waals surface area (Å²) in [5.74, 6) is 0.734. The van der Waals surface area contributed by atoms with Crippen molar-refractivity contribution in [3.05, 3.63) is 0 Å². The Morgan fingerprint density at radius 1 is 1.25 bits per heavy atom. The van der Waals surface area contributed by atoms with Crippen molar-refractivity contribution in [3.8, 4) is 0 Å². The summed E-state index contributed by atoms with van der Waals surface area (Å²) < 4.78 is 0. The first-order chi connectivity index (χ1) is 5.49. The molecule has 1 rings (SSSR count). The number of rotatable bonds is 0. The fourth-order valence-electron chi connectivity index (χ4n) is 1.77. The number of aliphatic imine (C=N–C) groups is 1. The van der Waals surface area contributed by atoms with E-state index in [2.05, 4.69) is 27.7 Å². The molecule has 1 nitrogen and oxygen atoms in total. The Bertz CT molecular complexity index is 174. The van der Waals surface area contributed by atoms with Crippen LogP contribution in [-0.2, 0) is 0 Å². The Morgan fingerprint density at radius 3 is 2.42 bits per heavy atom. The van der Waals surface area contributed by atoms with Crippen molar-refractivity contribution in [1.29, 1.82) is 0 Å². The van der Waals surface area contributed by atoms with Crippen LogP contribution in [0.1, 0.15) is 53.4 Å². The van der Waals surface area contributed by atoms with Crippen molar-refractivity contribution < 1.29 is 0 Å². The second-order valence-electron chi connectivity index (χ2n) is 4.92. The molecular weight excluding hydrogens is 146 g/mol. The molecule has 70 valence electrons. The predicted octanol–water partition coefficient (Wildman–Crippen LogP) is 3.44. The van der Waals surface area contributed by atoms with Gasteiger partial charge in [-0.05, 0) is 46.0 Å². The molecule has 1 atom stereocenters. The lowest BCUT2D eigenvalue weighted by Gasteiger charge is -2.24. The van der Waals surface area contributed by atoms with Crippen molar-refractivity contribution in [2.24, 2.45) is 10.9 Å². The number of hydrogen-bond acceptors (Lipinski definition) is 1. The van der Waals surface area contributed by atoms with Gasteiger partial charge in [-0.1, -0.05) is 13.3 Å². The number of hydrogen-bond donors (Lipinski definition) is 0. The normalized spacial score (nSPS) is 29.3. The zero-order valence-corrected chi connectivity index (χ0v) is 8.85. The lowest BCUT2D eigenvalue weighted by Crippen LogP contribution is -2.22. The fourth-order valence-corrected chi connectivity index (χ4v) is 1.77. The zero-order valence-electron chi connectivity index (χ0n) is 8.85. The summed E-state index contributed by atoms with van der Waals surface area (Å²) in [7, 11) is 0. The highest BCUT2D eigenvalue weighted by molar-refractivity contribution is 5.87. The first-order valence-corrected chi connectivity index (χ1v) is 5.08. The first kappa shape index (κ1) is 9.76. The molecule has 1 aliphatic carbocycles. The van der Waals surface area contributed by atoms with E-state index in [9.17, 15) is 0 Å². The molecule has 1 unspecified atom stereocenters. The third-order valence-electron chi connectivity index (χ3n) is 2.37. The topological polar surface area (TPSA) is 12.4 Å². The molecule has 0 aliphatic heterocycles. The Morgan fingerprint density at radius 2 is 1.92 bits per heavy atom. The first-order valence-electron chi connectivity index (χ1n) is 5.08. The second-order valence-corrected chi connectivity index (χ2v) is 4.92. The molecule has 0 amide bonds. The van der Waals surface area contributed by atoms with E-state index in [0.717, 1.165) is 5.92 Å². The van der Waals surface area contributed by atoms with E-state index in [1.807, 2.05) is 0 Å². The van der Waals surface area contributed by atoms with Gasteiger partial charge in [-0.2, -0.15) is 0 Å². The van der Waals surface area contributed by atoms with E-state index in [0.29, 0.717) is 0 Å². The van der Waals surface area contributed by atoms with E-state index in [1.165, 1.54) is 31.4 Å². The smallest absolute Gasteiger partial charge is 0.0523 e. The van der Waals surface area contributed by atoms with Gasteiger partial charge >= 0.3 is 0 Å². The van der Waals surface area contributed by atoms with E-state index in [1.54, 1.807) is 0 Å². The lowest BCUT2D eigenvalue weighted by atomic mass is 9.88. The quantitative estimate of drug-likeness (QED) is 0.524. The largest absolute Gasteiger partial charge is 0.288 e. The van der Waals surface area contributed by atoms with Crippen LogP contribution in [0, 0.1) is 5.92 Å². The number of nitrogens with zero attached hydrogens (tertiary/aromatic N) is 1. The molecule has 1 fully saturated rings. The Kier molecular flexibility index (Phi) is 2.92. The minimum Gasteiger partial charge on any atom is -0.288 e. The molecule has 12 heavy (non-hydrogen) atoms. The third-order valence-corrected chi connectivity index (χ3v) is 2.37. The SMILES string of the molecule is CC1CCCCC1=NC(C)(C)C. The molecule has 0 saturated heterocycles. The molecule has 0 aromatic rings. The van der Waals surface area contributed by atoms with E-state index >= 15 is 0 Å². The molecular formula is C11H21N. The Labute approximate surface area is 76.3 Å². The van der Waals surface area contributed by atoms with Crippen LogP contribution in [0.15, 0.2) is 4.99 Å². The average Bonchev–Trinajstić information content (AvgIpc) is 1.91. The Balaban J connectivity index is 2.65. The maximum atomic E-state index is 4.77. The molecule has 0 aromatic carbocycles. The van der Waals surface area contributed by atoms with Gasteiger partial charge in [0.2, 0.25) is 0 Å². The van der Waals surface area contributed by atoms with Gasteiger partial charge in [-0.25, -0.2) is 0 Å². The van der Waals surface area contributed by atoms with E-state index in [4.69, 9.17) is 4.99 Å². The molecule has 0 aromatic heterocycles. The highest BCUT2D eigenvalue weighted by Gasteiger charge is 2.18. The summed E-state index contributed by atoms with van der Waals surface area (Å²) in [5.41, 5.74) is 1.58. The summed E-state index contributed by atoms with van der Waals surface area (Å²) in [5, 5.41) is 0. The Hall–Kier alpha value is -0.330. The van der Waals surface area contributed by atoms with Gasteiger partial charge in [-0.15, -0.1) is 0 Å². The van der Waals surface area contributed by atoms with Gasteiger partial charge in [-0.3, -0.25) is 4.99 Å². The van der Waals surface area contributed by atoms with E-state index in [-0.39, 0.29) is 5.54 Å². The van der Waals surface area contributed by atoms with Crippen molar-refractivity contribution in [2.75, 3.05) is 0 Å². The van der Waals surface area contributed by atoms with Gasteiger partial charge < -0.3 is 0 Å². The predicted molar refractivity (Wildman–Crippen MR) is 54.8 cm³/mol. The van der Waals surface area contributed by atoms with Crippen LogP contribution in [0.3, 0.4) is 0 Å². The van der Waals surface area contributed by atoms with Crippen molar-refractivity contribution in [2.45, 2.75) is 58.9 Å². The van der Waals surface area contributed by atoms with Crippen LogP contribution < -0.4 is 0 Å². The minimum absolute atomic E-state index is 0.126. The molecule has 1 saturated carbocycles. The molecule has 0 radical (unpaired) electrons. The summed E-state index contributed by atoms with van der Waals surface area (Å²) >= 11 is 0. The monoisotopic (exact) mass is 167 g/mol. The fraction of sp³-hybridized carbons (Fsp3) is 0.909. The van der Waals surface area contributed by atoms with E-state index < -0.39 is 0 Å². The van der Waals surface area contributed by atoms with Crippen LogP contribution in [0.4, 0.5) is 0 Å². The molecule has 1 heteroatoms. The van der Waals surface area contributed by atoms with Gasteiger partial charge in [0.05, 0.1) is 5.54 Å². The van der Waals surface area contributed by atoms with Gasteiger partial charge in [0.15, 0.2) is 0 Å². The van der Waals surface area contributed by atoms with Crippen molar-refractivity contribution in [1.82, 2.24) is 0 Å². The molecule has 0 bridgehead atoms. The van der Waals surface area contributed by atoms with Gasteiger partial charge in [0.25, 0.3) is 0 Å². The van der Waals surface area contributed by atoms with Crippen LogP contribution in [0.2, 0.25) is 0 Å². The van der Waals surface area contributed by atoms with Gasteiger partial charge in [0, 0.05) is 5.71 Å². The molecule has 1 aliphatic rings. The summed E-state index contributed by atoms with van der Waals surface area (Å²) in [4.78, 5) is 4.77. The van der Waals surface area contributed by atoms with Gasteiger partial charge in [0.1, 0.15) is 0 Å². The average molecular weight is 167 g/mol. The summed E-state index contributed by atoms with van der Waals surface area (Å²) in [6.07, 6.45) is 5.32. The zero-order chi connectivity index (χ0) is 9.19. The maximum absolute atomic E-state index is 4.77. The molecule has 0 N–H and O–H groups in total. The highest BCUT2D eigenvalue weighted by atomic mass is 14.8. The van der Waals surface area contributed by atoms with Crippen LogP contribution in [-0.4, -0.2) is 11.3 Å². The lowest BCUT2D eigenvalue weighted by molar-refractivity contribution is 0.525. The molecule has 0 heterocycles. The maximum Gasteiger partial charge on any atom is 0.0523 e. The standard InChI is InChI=1S/C11H21N/c1-9-7-5-6-8-10(9)12-11(2,3)4/h9H,5-8H2,1-4H3. The molecule has 0 spiro atoms. The third kappa shape index (κ3) is 2.96. The van der Waals surface area contributed by atoms with Crippen LogP contribution in [0.25, 0.3) is 0 Å². The second kappa shape index (κ2) is 3.59. The van der Waals surface area contributed by atoms with Crippen molar-refractivity contribution in [3.63, 3.8) is 0 Å². The van der Waals surface area contributed by atoms with Crippen molar-refractivity contribution >= 4 is 5.71 Å². The summed E-state index contributed by atoms with van der Waals surface area (Å²) in [6.45, 7) is 8.85. The van der Waals surface area contributed by atoms with Crippen LogP contribution >= 0.6 is 0 Å². The summed E-state index contributed by atoms with van der Waals surface area (Å²) in [6, 6.07) is 0. The van der Waals surface area contributed by atoms with Crippen LogP contribution in [0.5, 0.6) is 0 Å². The minimum atomic E-state index is 0.126. The highest BCUT2D eigenvalue weighted by Crippen LogP contribution is 2.23.